The summed E-state index contributed by atoms with van der Waals surface area (Å²) in [6.45, 7) is 4.96. The van der Waals surface area contributed by atoms with Gasteiger partial charge in [-0.2, -0.15) is 0 Å². The summed E-state index contributed by atoms with van der Waals surface area (Å²) in [5.41, 5.74) is 0. The summed E-state index contributed by atoms with van der Waals surface area (Å²) in [5, 5.41) is 27.2. The molecule has 7 heteroatoms. The zero-order chi connectivity index (χ0) is 29.0. The number of hydrogen-bond donors (Lipinski definition) is 3. The van der Waals surface area contributed by atoms with Crippen LogP contribution in [0.3, 0.4) is 0 Å². The van der Waals surface area contributed by atoms with Gasteiger partial charge in [0.25, 0.3) is 0 Å². The van der Waals surface area contributed by atoms with Crippen molar-refractivity contribution in [1.29, 1.82) is 0 Å². The lowest BCUT2D eigenvalue weighted by Crippen LogP contribution is -2.51. The van der Waals surface area contributed by atoms with Crippen molar-refractivity contribution in [3.05, 3.63) is 12.2 Å². The van der Waals surface area contributed by atoms with Crippen LogP contribution in [-0.2, 0) is 14.4 Å². The summed E-state index contributed by atoms with van der Waals surface area (Å²) in [6.07, 6.45) is 27.1. The van der Waals surface area contributed by atoms with Gasteiger partial charge < -0.3 is 19.8 Å². The average molecular weight is 555 g/mol. The Bertz CT molecular complexity index is 598. The molecule has 0 atom stereocenters. The van der Waals surface area contributed by atoms with Crippen LogP contribution in [0, 0.1) is 0 Å². The highest BCUT2D eigenvalue weighted by atomic mass is 16.4. The second-order valence-corrected chi connectivity index (χ2v) is 11.4. The first kappa shape index (κ1) is 37.1. The van der Waals surface area contributed by atoms with Gasteiger partial charge in [-0.1, -0.05) is 103 Å². The van der Waals surface area contributed by atoms with E-state index in [2.05, 4.69) is 19.1 Å². The van der Waals surface area contributed by atoms with Crippen molar-refractivity contribution in [2.24, 2.45) is 0 Å². The monoisotopic (exact) mass is 554 g/mol. The van der Waals surface area contributed by atoms with E-state index in [1.165, 1.54) is 89.9 Å². The van der Waals surface area contributed by atoms with Crippen molar-refractivity contribution >= 4 is 17.9 Å². The van der Waals surface area contributed by atoms with Crippen LogP contribution in [0.15, 0.2) is 12.2 Å². The van der Waals surface area contributed by atoms with Gasteiger partial charge in [-0.15, -0.1) is 0 Å². The quantitative estimate of drug-likeness (QED) is 0.0468. The molecule has 0 aromatic rings. The maximum atomic E-state index is 11.1. The van der Waals surface area contributed by atoms with Crippen LogP contribution in [-0.4, -0.2) is 63.9 Å². The van der Waals surface area contributed by atoms with E-state index in [0.29, 0.717) is 43.4 Å². The minimum absolute atomic E-state index is 0.0762. The Morgan fingerprint density at radius 1 is 0.462 bits per heavy atom. The normalized spacial score (nSPS) is 11.8. The molecule has 0 fully saturated rings. The maximum absolute atomic E-state index is 11.1. The molecule has 0 saturated carbocycles. The molecule has 7 nitrogen and oxygen atoms in total. The van der Waals surface area contributed by atoms with Crippen LogP contribution in [0.5, 0.6) is 0 Å². The third-order valence-corrected chi connectivity index (χ3v) is 7.73. The molecule has 0 aliphatic rings. The van der Waals surface area contributed by atoms with Crippen LogP contribution in [0.2, 0.25) is 0 Å². The number of aliphatic carboxylic acids is 3. The molecule has 0 aliphatic carbocycles. The van der Waals surface area contributed by atoms with Crippen LogP contribution in [0.25, 0.3) is 0 Å². The molecule has 0 amide bonds. The molecule has 39 heavy (non-hydrogen) atoms. The molecule has 0 unspecified atom stereocenters. The molecule has 0 aliphatic heterocycles. The van der Waals surface area contributed by atoms with E-state index in [-0.39, 0.29) is 19.3 Å². The Hall–Kier alpha value is -1.89. The van der Waals surface area contributed by atoms with E-state index >= 15 is 0 Å². The zero-order valence-electron chi connectivity index (χ0n) is 25.1. The third kappa shape index (κ3) is 26.1. The Balaban J connectivity index is 4.24. The molecular formula is C32H60NO6+. The predicted octanol–water partition coefficient (Wildman–Crippen LogP) is 8.22. The van der Waals surface area contributed by atoms with Gasteiger partial charge in [0.1, 0.15) is 0 Å². The zero-order valence-corrected chi connectivity index (χ0v) is 25.1. The largest absolute Gasteiger partial charge is 0.481 e. The fourth-order valence-corrected chi connectivity index (χ4v) is 5.41. The van der Waals surface area contributed by atoms with Crippen LogP contribution >= 0.6 is 0 Å². The highest BCUT2D eigenvalue weighted by Crippen LogP contribution is 2.17. The smallest absolute Gasteiger partial charge is 0.303 e. The van der Waals surface area contributed by atoms with Gasteiger partial charge >= 0.3 is 17.9 Å². The molecule has 3 N–H and O–H groups in total. The van der Waals surface area contributed by atoms with Crippen molar-refractivity contribution in [2.45, 2.75) is 148 Å². The highest BCUT2D eigenvalue weighted by molar-refractivity contribution is 5.67. The number of nitrogens with zero attached hydrogens (tertiary/aromatic N) is 1. The van der Waals surface area contributed by atoms with Gasteiger partial charge in [0.05, 0.1) is 45.4 Å². The summed E-state index contributed by atoms with van der Waals surface area (Å²) < 4.78 is 0.594. The minimum atomic E-state index is -0.836. The Morgan fingerprint density at radius 3 is 1.15 bits per heavy atom. The van der Waals surface area contributed by atoms with E-state index in [0.717, 1.165) is 19.4 Å². The first-order valence-electron chi connectivity index (χ1n) is 16.0. The minimum Gasteiger partial charge on any atom is -0.481 e. The summed E-state index contributed by atoms with van der Waals surface area (Å²) in [6, 6.07) is 0. The first-order chi connectivity index (χ1) is 18.8. The number of unbranched alkanes of at least 4 members (excludes halogenated alkanes) is 14. The van der Waals surface area contributed by atoms with Crippen LogP contribution < -0.4 is 0 Å². The topological polar surface area (TPSA) is 112 Å². The van der Waals surface area contributed by atoms with Gasteiger partial charge in [0.15, 0.2) is 0 Å². The second-order valence-electron chi connectivity index (χ2n) is 11.4. The van der Waals surface area contributed by atoms with Gasteiger partial charge in [-0.3, -0.25) is 14.4 Å². The fourth-order valence-electron chi connectivity index (χ4n) is 5.41. The molecule has 0 radical (unpaired) electrons. The molecule has 228 valence electrons. The number of rotatable bonds is 30. The summed E-state index contributed by atoms with van der Waals surface area (Å²) in [4.78, 5) is 33.2. The number of quaternary nitrogens is 1. The van der Waals surface area contributed by atoms with Crippen LogP contribution in [0.4, 0.5) is 0 Å². The molecule has 0 rings (SSSR count). The summed E-state index contributed by atoms with van der Waals surface area (Å²) >= 11 is 0. The van der Waals surface area contributed by atoms with Gasteiger partial charge in [0, 0.05) is 25.7 Å². The summed E-state index contributed by atoms with van der Waals surface area (Å²) in [5.74, 6) is -2.51. The lowest BCUT2D eigenvalue weighted by Gasteiger charge is -2.39. The third-order valence-electron chi connectivity index (χ3n) is 7.73. The second kappa shape index (κ2) is 26.3. The van der Waals surface area contributed by atoms with Crippen molar-refractivity contribution in [2.75, 3.05) is 26.2 Å². The van der Waals surface area contributed by atoms with Gasteiger partial charge in [-0.25, -0.2) is 0 Å². The molecule has 0 heterocycles. The van der Waals surface area contributed by atoms with E-state index in [1.54, 1.807) is 0 Å². The lowest BCUT2D eigenvalue weighted by atomic mass is 10.0. The molecule has 0 aromatic heterocycles. The van der Waals surface area contributed by atoms with Crippen molar-refractivity contribution < 1.29 is 34.2 Å². The molecule has 0 aromatic carbocycles. The van der Waals surface area contributed by atoms with Crippen molar-refractivity contribution in [1.82, 2.24) is 0 Å². The molecule has 0 saturated heterocycles. The predicted molar refractivity (Wildman–Crippen MR) is 159 cm³/mol. The number of carbonyl (C=O) groups is 3. The first-order valence-corrected chi connectivity index (χ1v) is 16.0. The standard InChI is InChI=1S/C32H59NO6/c1-2-3-4-5-6-7-8-9-10-11-12-13-14-15-16-17-18-19-26-33(27-20-23-30(34)35,28-21-24-31(36)37)29-22-25-32(38)39/h17-18H,2-16,19-29H2,1H3,(H2-,34,35,36,37,38,39)/p+1/b18-17+. The van der Waals surface area contributed by atoms with Gasteiger partial charge in [0.2, 0.25) is 0 Å². The number of hydrogen-bond acceptors (Lipinski definition) is 3. The number of carboxylic acid groups (broad SMARTS) is 3. The van der Waals surface area contributed by atoms with E-state index in [9.17, 15) is 14.4 Å². The fraction of sp³-hybridized carbons (Fsp3) is 0.844. The van der Waals surface area contributed by atoms with E-state index < -0.39 is 17.9 Å². The number of allylic oxidation sites excluding steroid dienone is 1. The molecule has 0 bridgehead atoms. The van der Waals surface area contributed by atoms with Crippen molar-refractivity contribution in [3.8, 4) is 0 Å². The Morgan fingerprint density at radius 2 is 0.795 bits per heavy atom. The van der Waals surface area contributed by atoms with E-state index in [4.69, 9.17) is 15.3 Å². The SMILES string of the molecule is CCCCCCCCCCCCCCCC/C=C/CC[N+](CCCC(=O)O)(CCCC(=O)O)CCCC(=O)O. The number of carboxylic acids is 3. The van der Waals surface area contributed by atoms with Crippen LogP contribution in [0.1, 0.15) is 148 Å². The Labute approximate surface area is 238 Å². The molecule has 0 spiro atoms. The Kier molecular flexibility index (Phi) is 25.1. The van der Waals surface area contributed by atoms with E-state index in [1.807, 2.05) is 0 Å². The lowest BCUT2D eigenvalue weighted by molar-refractivity contribution is -0.928. The maximum Gasteiger partial charge on any atom is 0.303 e. The van der Waals surface area contributed by atoms with Crippen molar-refractivity contribution in [3.63, 3.8) is 0 Å². The molecular weight excluding hydrogens is 494 g/mol. The van der Waals surface area contributed by atoms with Gasteiger partial charge in [-0.05, 0) is 12.8 Å². The average Bonchev–Trinajstić information content (AvgIpc) is 2.87. The highest BCUT2D eigenvalue weighted by Gasteiger charge is 2.27. The summed E-state index contributed by atoms with van der Waals surface area (Å²) in [7, 11) is 0.